The van der Waals surface area contributed by atoms with Crippen molar-refractivity contribution in [3.8, 4) is 0 Å². The van der Waals surface area contributed by atoms with E-state index in [1.807, 2.05) is 13.0 Å². The highest BCUT2D eigenvalue weighted by molar-refractivity contribution is 5.48. The van der Waals surface area contributed by atoms with E-state index in [1.54, 1.807) is 0 Å². The summed E-state index contributed by atoms with van der Waals surface area (Å²) in [4.78, 5) is 8.97. The minimum atomic E-state index is 0.756. The summed E-state index contributed by atoms with van der Waals surface area (Å²) in [6.07, 6.45) is 2.13. The molecule has 0 saturated carbocycles. The number of nitrogens with zero attached hydrogens (tertiary/aromatic N) is 2. The van der Waals surface area contributed by atoms with E-state index < -0.39 is 0 Å². The second-order valence-electron chi connectivity index (χ2n) is 6.54. The van der Waals surface area contributed by atoms with Gasteiger partial charge in [-0.25, -0.2) is 9.97 Å². The summed E-state index contributed by atoms with van der Waals surface area (Å²) < 4.78 is 0. The monoisotopic (exact) mass is 346 g/mol. The van der Waals surface area contributed by atoms with Crippen LogP contribution in [0, 0.1) is 13.8 Å². The molecular weight excluding hydrogens is 320 g/mol. The van der Waals surface area contributed by atoms with E-state index in [-0.39, 0.29) is 0 Å². The lowest BCUT2D eigenvalue weighted by Crippen LogP contribution is -2.08. The average Bonchev–Trinajstić information content (AvgIpc) is 2.64. The molecule has 0 bridgehead atoms. The van der Waals surface area contributed by atoms with E-state index in [2.05, 4.69) is 82.1 Å². The first-order valence-corrected chi connectivity index (χ1v) is 9.12. The Hall–Kier alpha value is -2.88. The Bertz CT molecular complexity index is 831. The number of anilines is 2. The molecule has 3 rings (SSSR count). The average molecular weight is 346 g/mol. The fourth-order valence-electron chi connectivity index (χ4n) is 2.92. The minimum Gasteiger partial charge on any atom is -0.370 e. The topological polar surface area (TPSA) is 49.8 Å². The Morgan fingerprint density at radius 2 is 1.50 bits per heavy atom. The molecule has 0 aliphatic carbocycles. The standard InChI is InChI=1S/C22H26N4/c1-17-8-6-11-20(14-17)16-24-22-15-21(25-18(2)26-22)23-13-7-12-19-9-4-3-5-10-19/h3-6,8-11,14-15H,7,12-13,16H2,1-2H3,(H2,23,24,25,26). The molecule has 2 N–H and O–H groups in total. The van der Waals surface area contributed by atoms with Gasteiger partial charge in [-0.3, -0.25) is 0 Å². The van der Waals surface area contributed by atoms with Crippen molar-refractivity contribution in [2.24, 2.45) is 0 Å². The van der Waals surface area contributed by atoms with E-state index in [4.69, 9.17) is 0 Å². The molecule has 0 unspecified atom stereocenters. The van der Waals surface area contributed by atoms with Crippen LogP contribution in [0.3, 0.4) is 0 Å². The second-order valence-corrected chi connectivity index (χ2v) is 6.54. The van der Waals surface area contributed by atoms with Gasteiger partial charge in [-0.2, -0.15) is 0 Å². The zero-order valence-electron chi connectivity index (χ0n) is 15.5. The van der Waals surface area contributed by atoms with Crippen molar-refractivity contribution in [2.45, 2.75) is 33.2 Å². The third-order valence-corrected chi connectivity index (χ3v) is 4.19. The maximum atomic E-state index is 4.49. The minimum absolute atomic E-state index is 0.756. The highest BCUT2D eigenvalue weighted by Crippen LogP contribution is 2.13. The predicted octanol–water partition coefficient (Wildman–Crippen LogP) is 4.75. The van der Waals surface area contributed by atoms with Crippen molar-refractivity contribution in [1.29, 1.82) is 0 Å². The predicted molar refractivity (Wildman–Crippen MR) is 109 cm³/mol. The van der Waals surface area contributed by atoms with Crippen LogP contribution in [0.5, 0.6) is 0 Å². The van der Waals surface area contributed by atoms with Crippen LogP contribution in [0.1, 0.15) is 28.9 Å². The number of nitrogens with one attached hydrogen (secondary N) is 2. The molecule has 134 valence electrons. The molecule has 4 nitrogen and oxygen atoms in total. The van der Waals surface area contributed by atoms with E-state index in [1.165, 1.54) is 16.7 Å². The molecule has 0 fully saturated rings. The summed E-state index contributed by atoms with van der Waals surface area (Å²) in [6, 6.07) is 21.0. The lowest BCUT2D eigenvalue weighted by Gasteiger charge is -2.11. The molecule has 26 heavy (non-hydrogen) atoms. The smallest absolute Gasteiger partial charge is 0.132 e. The molecule has 0 saturated heterocycles. The summed E-state index contributed by atoms with van der Waals surface area (Å²) in [7, 11) is 0. The van der Waals surface area contributed by atoms with Crippen LogP contribution < -0.4 is 10.6 Å². The molecule has 1 aromatic heterocycles. The summed E-state index contributed by atoms with van der Waals surface area (Å²) in [6.45, 7) is 5.68. The molecule has 3 aromatic rings. The van der Waals surface area contributed by atoms with Gasteiger partial charge in [0.05, 0.1) is 0 Å². The van der Waals surface area contributed by atoms with Crippen molar-refractivity contribution < 1.29 is 0 Å². The van der Waals surface area contributed by atoms with E-state index >= 15 is 0 Å². The van der Waals surface area contributed by atoms with Gasteiger partial charge in [0, 0.05) is 19.2 Å². The lowest BCUT2D eigenvalue weighted by molar-refractivity contribution is 0.856. The molecule has 2 aromatic carbocycles. The Balaban J connectivity index is 1.52. The maximum absolute atomic E-state index is 4.49. The van der Waals surface area contributed by atoms with Crippen LogP contribution in [0.2, 0.25) is 0 Å². The van der Waals surface area contributed by atoms with Crippen LogP contribution in [0.15, 0.2) is 60.7 Å². The third kappa shape index (κ3) is 5.59. The number of aryl methyl sites for hydroxylation is 3. The van der Waals surface area contributed by atoms with Crippen molar-refractivity contribution in [2.75, 3.05) is 17.2 Å². The first-order valence-electron chi connectivity index (χ1n) is 9.12. The molecule has 0 atom stereocenters. The number of hydrogen-bond acceptors (Lipinski definition) is 4. The summed E-state index contributed by atoms with van der Waals surface area (Å²) in [5.74, 6) is 2.49. The van der Waals surface area contributed by atoms with Crippen molar-refractivity contribution in [3.63, 3.8) is 0 Å². The van der Waals surface area contributed by atoms with Crippen LogP contribution in [0.4, 0.5) is 11.6 Å². The zero-order chi connectivity index (χ0) is 18.2. The van der Waals surface area contributed by atoms with Crippen molar-refractivity contribution >= 4 is 11.6 Å². The van der Waals surface area contributed by atoms with Crippen LogP contribution in [-0.2, 0) is 13.0 Å². The number of aromatic nitrogens is 2. The van der Waals surface area contributed by atoms with E-state index in [9.17, 15) is 0 Å². The summed E-state index contributed by atoms with van der Waals surface area (Å²) >= 11 is 0. The van der Waals surface area contributed by atoms with Crippen LogP contribution in [0.25, 0.3) is 0 Å². The summed E-state index contributed by atoms with van der Waals surface area (Å²) in [5.41, 5.74) is 3.89. The first-order chi connectivity index (χ1) is 12.7. The zero-order valence-corrected chi connectivity index (χ0v) is 15.5. The highest BCUT2D eigenvalue weighted by atomic mass is 15.1. The number of hydrogen-bond donors (Lipinski definition) is 2. The number of benzene rings is 2. The van der Waals surface area contributed by atoms with Crippen LogP contribution >= 0.6 is 0 Å². The largest absolute Gasteiger partial charge is 0.370 e. The second kappa shape index (κ2) is 8.99. The van der Waals surface area contributed by atoms with Gasteiger partial charge < -0.3 is 10.6 Å². The maximum Gasteiger partial charge on any atom is 0.132 e. The molecule has 4 heteroatoms. The normalized spacial score (nSPS) is 10.5. The van der Waals surface area contributed by atoms with Gasteiger partial charge in [-0.1, -0.05) is 60.2 Å². The molecule has 0 aliphatic rings. The lowest BCUT2D eigenvalue weighted by atomic mass is 10.1. The molecule has 0 aliphatic heterocycles. The molecular formula is C22H26N4. The van der Waals surface area contributed by atoms with Crippen LogP contribution in [-0.4, -0.2) is 16.5 Å². The fraction of sp³-hybridized carbons (Fsp3) is 0.273. The van der Waals surface area contributed by atoms with Crippen molar-refractivity contribution in [3.05, 3.63) is 83.2 Å². The SMILES string of the molecule is Cc1cccc(CNc2cc(NCCCc3ccccc3)nc(C)n2)c1. The highest BCUT2D eigenvalue weighted by Gasteiger charge is 2.02. The van der Waals surface area contributed by atoms with Gasteiger partial charge in [0.25, 0.3) is 0 Å². The Morgan fingerprint density at radius 3 is 2.27 bits per heavy atom. The Labute approximate surface area is 155 Å². The molecule has 1 heterocycles. The fourth-order valence-corrected chi connectivity index (χ4v) is 2.92. The van der Waals surface area contributed by atoms with Gasteiger partial charge in [0.2, 0.25) is 0 Å². The van der Waals surface area contributed by atoms with E-state index in [0.29, 0.717) is 0 Å². The van der Waals surface area contributed by atoms with Gasteiger partial charge in [-0.15, -0.1) is 0 Å². The van der Waals surface area contributed by atoms with Gasteiger partial charge >= 0.3 is 0 Å². The Morgan fingerprint density at radius 1 is 0.769 bits per heavy atom. The quantitative estimate of drug-likeness (QED) is 0.578. The van der Waals surface area contributed by atoms with Gasteiger partial charge in [0.1, 0.15) is 17.5 Å². The molecule has 0 amide bonds. The molecule has 0 spiro atoms. The first kappa shape index (κ1) is 17.9. The van der Waals surface area contributed by atoms with E-state index in [0.717, 1.165) is 43.4 Å². The van der Waals surface area contributed by atoms with Gasteiger partial charge in [0.15, 0.2) is 0 Å². The number of rotatable bonds is 8. The summed E-state index contributed by atoms with van der Waals surface area (Å²) in [5, 5.41) is 6.81. The van der Waals surface area contributed by atoms with Crippen molar-refractivity contribution in [1.82, 2.24) is 9.97 Å². The molecule has 0 radical (unpaired) electrons. The van der Waals surface area contributed by atoms with Gasteiger partial charge in [-0.05, 0) is 37.8 Å². The Kier molecular flexibility index (Phi) is 6.20. The third-order valence-electron chi connectivity index (χ3n) is 4.19.